The number of hydrogen-bond acceptors (Lipinski definition) is 5. The van der Waals surface area contributed by atoms with E-state index in [1.165, 1.54) is 0 Å². The molecular weight excluding hydrogens is 392 g/mol. The highest BCUT2D eigenvalue weighted by atomic mass is 16.4. The van der Waals surface area contributed by atoms with Gasteiger partial charge in [-0.15, -0.1) is 0 Å². The van der Waals surface area contributed by atoms with Crippen LogP contribution in [0, 0.1) is 5.92 Å². The third-order valence-corrected chi connectivity index (χ3v) is 5.87. The van der Waals surface area contributed by atoms with Gasteiger partial charge in [-0.25, -0.2) is 9.97 Å². The van der Waals surface area contributed by atoms with Crippen LogP contribution in [0.15, 0.2) is 61.4 Å². The summed E-state index contributed by atoms with van der Waals surface area (Å²) in [4.78, 5) is 20.3. The third kappa shape index (κ3) is 3.84. The Bertz CT molecular complexity index is 1230. The second-order valence-electron chi connectivity index (χ2n) is 7.99. The summed E-state index contributed by atoms with van der Waals surface area (Å²) in [6, 6.07) is 8.21. The number of carbonyl (C=O) groups is 1. The van der Waals surface area contributed by atoms with E-state index in [-0.39, 0.29) is 12.0 Å². The number of aryl methyl sites for hydroxylation is 1. The van der Waals surface area contributed by atoms with Crippen molar-refractivity contribution in [1.82, 2.24) is 29.5 Å². The molecule has 4 aromatic rings. The highest BCUT2D eigenvalue weighted by molar-refractivity contribution is 5.71. The summed E-state index contributed by atoms with van der Waals surface area (Å²) >= 11 is 0. The van der Waals surface area contributed by atoms with Crippen LogP contribution in [0.5, 0.6) is 0 Å². The van der Waals surface area contributed by atoms with Crippen molar-refractivity contribution in [3.05, 3.63) is 61.4 Å². The zero-order valence-corrected chi connectivity index (χ0v) is 17.1. The van der Waals surface area contributed by atoms with Crippen LogP contribution >= 0.6 is 0 Å². The van der Waals surface area contributed by atoms with Gasteiger partial charge in [0.2, 0.25) is 0 Å². The third-order valence-electron chi connectivity index (χ3n) is 5.87. The van der Waals surface area contributed by atoms with E-state index in [2.05, 4.69) is 26.2 Å². The van der Waals surface area contributed by atoms with Crippen LogP contribution in [0.25, 0.3) is 33.6 Å². The minimum atomic E-state index is -0.716. The molecule has 0 amide bonds. The average molecular weight is 414 g/mol. The molecule has 1 aliphatic rings. The smallest absolute Gasteiger partial charge is 0.306 e. The van der Waals surface area contributed by atoms with E-state index in [0.29, 0.717) is 18.7 Å². The van der Waals surface area contributed by atoms with Crippen molar-refractivity contribution in [3.8, 4) is 33.6 Å². The molecule has 1 aromatic carbocycles. The van der Waals surface area contributed by atoms with E-state index in [1.807, 2.05) is 48.5 Å². The van der Waals surface area contributed by atoms with E-state index < -0.39 is 5.97 Å². The molecule has 31 heavy (non-hydrogen) atoms. The summed E-state index contributed by atoms with van der Waals surface area (Å²) in [6.07, 6.45) is 13.3. The zero-order valence-electron chi connectivity index (χ0n) is 17.1. The highest BCUT2D eigenvalue weighted by Crippen LogP contribution is 2.35. The molecule has 3 aromatic heterocycles. The van der Waals surface area contributed by atoms with Crippen LogP contribution in [0.4, 0.5) is 0 Å². The Morgan fingerprint density at radius 2 is 1.68 bits per heavy atom. The minimum absolute atomic E-state index is 0.130. The van der Waals surface area contributed by atoms with Gasteiger partial charge in [-0.05, 0) is 30.9 Å². The quantitative estimate of drug-likeness (QED) is 0.533. The maximum Gasteiger partial charge on any atom is 0.306 e. The molecule has 1 N–H and O–H groups in total. The van der Waals surface area contributed by atoms with E-state index in [0.717, 1.165) is 34.2 Å². The summed E-state index contributed by atoms with van der Waals surface area (Å²) in [5, 5.41) is 17.9. The molecule has 0 spiro atoms. The highest BCUT2D eigenvalue weighted by Gasteiger charge is 2.31. The Morgan fingerprint density at radius 3 is 2.39 bits per heavy atom. The Hall–Kier alpha value is -3.81. The fraction of sp³-hybridized carbons (Fsp3) is 0.261. The molecule has 2 atom stereocenters. The molecule has 5 rings (SSSR count). The summed E-state index contributed by atoms with van der Waals surface area (Å²) in [6.45, 7) is 0. The lowest BCUT2D eigenvalue weighted by atomic mass is 10.1. The number of benzene rings is 1. The van der Waals surface area contributed by atoms with Crippen LogP contribution in [0.2, 0.25) is 0 Å². The SMILES string of the molecule is Cn1cc(-c2cccc(-c3ncc(-c4cnn(C5CCC(C(=O)O)C5)c4)cn3)c2)cn1. The van der Waals surface area contributed by atoms with Crippen molar-refractivity contribution in [2.24, 2.45) is 13.0 Å². The number of aromatic nitrogens is 6. The lowest BCUT2D eigenvalue weighted by molar-refractivity contribution is -0.141. The van der Waals surface area contributed by atoms with Gasteiger partial charge in [0.05, 0.1) is 24.4 Å². The largest absolute Gasteiger partial charge is 0.481 e. The molecule has 1 saturated carbocycles. The van der Waals surface area contributed by atoms with Crippen LogP contribution < -0.4 is 0 Å². The van der Waals surface area contributed by atoms with Gasteiger partial charge < -0.3 is 5.11 Å². The Kier molecular flexibility index (Phi) is 4.82. The maximum absolute atomic E-state index is 11.2. The van der Waals surface area contributed by atoms with Gasteiger partial charge in [0, 0.05) is 54.1 Å². The van der Waals surface area contributed by atoms with E-state index in [9.17, 15) is 9.90 Å². The normalized spacial score (nSPS) is 18.4. The topological polar surface area (TPSA) is 98.7 Å². The Labute approximate surface area is 179 Å². The van der Waals surface area contributed by atoms with Gasteiger partial charge in [-0.1, -0.05) is 18.2 Å². The first-order valence-electron chi connectivity index (χ1n) is 10.3. The van der Waals surface area contributed by atoms with Crippen molar-refractivity contribution in [2.45, 2.75) is 25.3 Å². The monoisotopic (exact) mass is 414 g/mol. The summed E-state index contributed by atoms with van der Waals surface area (Å²) in [5.74, 6) is -0.337. The molecule has 0 aliphatic heterocycles. The molecule has 1 fully saturated rings. The number of carboxylic acids is 1. The number of hydrogen-bond donors (Lipinski definition) is 1. The van der Waals surface area contributed by atoms with Crippen molar-refractivity contribution < 1.29 is 9.90 Å². The number of rotatable bonds is 5. The minimum Gasteiger partial charge on any atom is -0.481 e. The van der Waals surface area contributed by atoms with E-state index in [4.69, 9.17) is 0 Å². The van der Waals surface area contributed by atoms with Gasteiger partial charge in [-0.3, -0.25) is 14.2 Å². The van der Waals surface area contributed by atoms with Gasteiger partial charge in [0.15, 0.2) is 5.82 Å². The number of carboxylic acid groups (broad SMARTS) is 1. The fourth-order valence-corrected chi connectivity index (χ4v) is 4.14. The van der Waals surface area contributed by atoms with Crippen LogP contribution in [-0.4, -0.2) is 40.6 Å². The summed E-state index contributed by atoms with van der Waals surface area (Å²) in [5.41, 5.74) is 4.86. The van der Waals surface area contributed by atoms with Crippen molar-refractivity contribution >= 4 is 5.97 Å². The predicted molar refractivity (Wildman–Crippen MR) is 115 cm³/mol. The second kappa shape index (κ2) is 7.79. The van der Waals surface area contributed by atoms with Gasteiger partial charge in [0.1, 0.15) is 0 Å². The van der Waals surface area contributed by atoms with Crippen molar-refractivity contribution in [2.75, 3.05) is 0 Å². The molecule has 156 valence electrons. The van der Waals surface area contributed by atoms with Gasteiger partial charge in [-0.2, -0.15) is 10.2 Å². The van der Waals surface area contributed by atoms with E-state index >= 15 is 0 Å². The zero-order chi connectivity index (χ0) is 21.4. The molecule has 0 radical (unpaired) electrons. The van der Waals surface area contributed by atoms with E-state index in [1.54, 1.807) is 23.3 Å². The molecule has 0 saturated heterocycles. The first-order valence-corrected chi connectivity index (χ1v) is 10.3. The lowest BCUT2D eigenvalue weighted by Gasteiger charge is -2.09. The predicted octanol–water partition coefficient (Wildman–Crippen LogP) is 3.83. The Balaban J connectivity index is 1.34. The first-order chi connectivity index (χ1) is 15.1. The first kappa shape index (κ1) is 19.2. The molecule has 0 bridgehead atoms. The molecule has 1 aliphatic carbocycles. The Morgan fingerprint density at radius 1 is 0.935 bits per heavy atom. The molecule has 8 heteroatoms. The van der Waals surface area contributed by atoms with Gasteiger partial charge in [0.25, 0.3) is 0 Å². The molecule has 2 unspecified atom stereocenters. The molecular formula is C23H22N6O2. The summed E-state index contributed by atoms with van der Waals surface area (Å²) in [7, 11) is 1.90. The van der Waals surface area contributed by atoms with Gasteiger partial charge >= 0.3 is 5.97 Å². The average Bonchev–Trinajstić information content (AvgIpc) is 3.54. The number of aliphatic carboxylic acids is 1. The van der Waals surface area contributed by atoms with Crippen LogP contribution in [0.1, 0.15) is 25.3 Å². The molecule has 8 nitrogen and oxygen atoms in total. The maximum atomic E-state index is 11.2. The second-order valence-corrected chi connectivity index (χ2v) is 7.99. The number of nitrogens with zero attached hydrogens (tertiary/aromatic N) is 6. The van der Waals surface area contributed by atoms with Crippen LogP contribution in [0.3, 0.4) is 0 Å². The lowest BCUT2D eigenvalue weighted by Crippen LogP contribution is -2.11. The fourth-order valence-electron chi connectivity index (χ4n) is 4.14. The standard InChI is InChI=1S/C23H22N6O2/c1-28-13-19(11-26-28)15-3-2-4-16(7-15)22-24-9-18(10-25-22)20-12-27-29(14-20)21-6-5-17(8-21)23(30)31/h2-4,7,9-14,17,21H,5-6,8H2,1H3,(H,30,31). The van der Waals surface area contributed by atoms with Crippen molar-refractivity contribution in [1.29, 1.82) is 0 Å². The molecule has 3 heterocycles. The van der Waals surface area contributed by atoms with Crippen molar-refractivity contribution in [3.63, 3.8) is 0 Å². The van der Waals surface area contributed by atoms with Crippen LogP contribution in [-0.2, 0) is 11.8 Å². The summed E-state index contributed by atoms with van der Waals surface area (Å²) < 4.78 is 3.66.